The first-order chi connectivity index (χ1) is 10.1. The first-order valence-electron chi connectivity index (χ1n) is 6.67. The minimum atomic E-state index is 0.124. The van der Waals surface area contributed by atoms with Crippen LogP contribution in [0, 0.1) is 13.8 Å². The molecule has 0 radical (unpaired) electrons. The third-order valence-corrected chi connectivity index (χ3v) is 3.95. The zero-order valence-electron chi connectivity index (χ0n) is 11.8. The van der Waals surface area contributed by atoms with Crippen molar-refractivity contribution in [3.63, 3.8) is 0 Å². The Kier molecular flexibility index (Phi) is 3.43. The Morgan fingerprint density at radius 1 is 1.19 bits per heavy atom. The standard InChI is InChI=1S/C17H15ClN2O/c1-10-6-7-16-12(8-10)13(17(21)20-16)9-19-15-5-3-4-14(18)11(15)2/h3-9,20-21H,1-2H3. The number of hydrogen-bond donors (Lipinski definition) is 2. The van der Waals surface area contributed by atoms with Gasteiger partial charge in [0.2, 0.25) is 0 Å². The van der Waals surface area contributed by atoms with Gasteiger partial charge in [0, 0.05) is 22.1 Å². The lowest BCUT2D eigenvalue weighted by Gasteiger charge is -2.01. The van der Waals surface area contributed by atoms with Crippen molar-refractivity contribution in [3.8, 4) is 5.88 Å². The van der Waals surface area contributed by atoms with Crippen LogP contribution in [0.4, 0.5) is 5.69 Å². The van der Waals surface area contributed by atoms with E-state index >= 15 is 0 Å². The molecule has 0 amide bonds. The van der Waals surface area contributed by atoms with Gasteiger partial charge in [-0.15, -0.1) is 0 Å². The maximum Gasteiger partial charge on any atom is 0.198 e. The monoisotopic (exact) mass is 298 g/mol. The second kappa shape index (κ2) is 5.26. The number of aliphatic imine (C=N–C) groups is 1. The van der Waals surface area contributed by atoms with Gasteiger partial charge >= 0.3 is 0 Å². The quantitative estimate of drug-likeness (QED) is 0.650. The number of aryl methyl sites for hydroxylation is 1. The third kappa shape index (κ3) is 2.52. The normalized spacial score (nSPS) is 11.6. The van der Waals surface area contributed by atoms with E-state index in [-0.39, 0.29) is 5.88 Å². The van der Waals surface area contributed by atoms with E-state index in [1.807, 2.05) is 50.2 Å². The highest BCUT2D eigenvalue weighted by atomic mass is 35.5. The van der Waals surface area contributed by atoms with Crippen LogP contribution in [0.15, 0.2) is 41.4 Å². The molecular formula is C17H15ClN2O. The summed E-state index contributed by atoms with van der Waals surface area (Å²) in [5, 5.41) is 11.7. The highest BCUT2D eigenvalue weighted by molar-refractivity contribution is 6.31. The number of fused-ring (bicyclic) bond motifs is 1. The molecule has 0 aliphatic heterocycles. The summed E-state index contributed by atoms with van der Waals surface area (Å²) in [6, 6.07) is 11.6. The molecule has 2 N–H and O–H groups in total. The summed E-state index contributed by atoms with van der Waals surface area (Å²) in [5.74, 6) is 0.124. The SMILES string of the molecule is Cc1ccc2[nH]c(O)c(C=Nc3cccc(Cl)c3C)c2c1. The Labute approximate surface area is 127 Å². The molecule has 4 heteroatoms. The molecule has 0 saturated carbocycles. The van der Waals surface area contributed by atoms with Crippen LogP contribution in [0.1, 0.15) is 16.7 Å². The molecule has 0 atom stereocenters. The summed E-state index contributed by atoms with van der Waals surface area (Å²) in [4.78, 5) is 7.42. The Morgan fingerprint density at radius 2 is 2.00 bits per heavy atom. The number of rotatable bonds is 2. The smallest absolute Gasteiger partial charge is 0.198 e. The number of aromatic amines is 1. The number of hydrogen-bond acceptors (Lipinski definition) is 2. The number of H-pyrrole nitrogens is 1. The second-order valence-corrected chi connectivity index (χ2v) is 5.49. The lowest BCUT2D eigenvalue weighted by atomic mass is 10.1. The first kappa shape index (κ1) is 13.7. The van der Waals surface area contributed by atoms with Crippen LogP contribution in [0.2, 0.25) is 5.02 Å². The van der Waals surface area contributed by atoms with Gasteiger partial charge in [0.25, 0.3) is 0 Å². The summed E-state index contributed by atoms with van der Waals surface area (Å²) in [6.07, 6.45) is 1.67. The van der Waals surface area contributed by atoms with Gasteiger partial charge in [0.05, 0.1) is 11.3 Å². The molecule has 2 aromatic carbocycles. The molecule has 0 unspecified atom stereocenters. The fourth-order valence-corrected chi connectivity index (χ4v) is 2.48. The third-order valence-electron chi connectivity index (χ3n) is 3.55. The van der Waals surface area contributed by atoms with Gasteiger partial charge in [-0.1, -0.05) is 29.3 Å². The zero-order valence-corrected chi connectivity index (χ0v) is 12.6. The fourth-order valence-electron chi connectivity index (χ4n) is 2.31. The van der Waals surface area contributed by atoms with Crippen molar-refractivity contribution in [2.75, 3.05) is 0 Å². The Hall–Kier alpha value is -2.26. The van der Waals surface area contributed by atoms with Gasteiger partial charge in [-0.05, 0) is 43.7 Å². The summed E-state index contributed by atoms with van der Waals surface area (Å²) in [6.45, 7) is 3.94. The van der Waals surface area contributed by atoms with E-state index in [1.54, 1.807) is 6.21 Å². The number of halogens is 1. The van der Waals surface area contributed by atoms with Crippen LogP contribution in [0.5, 0.6) is 5.88 Å². The molecule has 3 rings (SSSR count). The average molecular weight is 299 g/mol. The van der Waals surface area contributed by atoms with Gasteiger partial charge < -0.3 is 10.1 Å². The van der Waals surface area contributed by atoms with Crippen molar-refractivity contribution in [1.29, 1.82) is 0 Å². The van der Waals surface area contributed by atoms with Crippen molar-refractivity contribution in [1.82, 2.24) is 4.98 Å². The molecule has 0 aliphatic rings. The summed E-state index contributed by atoms with van der Waals surface area (Å²) >= 11 is 6.09. The van der Waals surface area contributed by atoms with Crippen molar-refractivity contribution in [3.05, 3.63) is 58.1 Å². The van der Waals surface area contributed by atoms with Crippen LogP contribution in [0.25, 0.3) is 10.9 Å². The van der Waals surface area contributed by atoms with Crippen molar-refractivity contribution >= 4 is 34.4 Å². The predicted molar refractivity (Wildman–Crippen MR) is 88.1 cm³/mol. The van der Waals surface area contributed by atoms with Crippen LogP contribution in [-0.2, 0) is 0 Å². The van der Waals surface area contributed by atoms with E-state index < -0.39 is 0 Å². The number of nitrogens with zero attached hydrogens (tertiary/aromatic N) is 1. The van der Waals surface area contributed by atoms with Gasteiger partial charge in [-0.25, -0.2) is 0 Å². The molecule has 0 bridgehead atoms. The lowest BCUT2D eigenvalue weighted by Crippen LogP contribution is -1.82. The number of aromatic nitrogens is 1. The average Bonchev–Trinajstić information content (AvgIpc) is 2.76. The first-order valence-corrected chi connectivity index (χ1v) is 7.04. The zero-order chi connectivity index (χ0) is 15.0. The van der Waals surface area contributed by atoms with Crippen LogP contribution in [-0.4, -0.2) is 16.3 Å². The molecule has 3 aromatic rings. The Morgan fingerprint density at radius 3 is 2.81 bits per heavy atom. The molecule has 1 aromatic heterocycles. The van der Waals surface area contributed by atoms with E-state index in [0.29, 0.717) is 10.6 Å². The lowest BCUT2D eigenvalue weighted by molar-refractivity contribution is 0.457. The second-order valence-electron chi connectivity index (χ2n) is 5.08. The number of aromatic hydroxyl groups is 1. The number of nitrogens with one attached hydrogen (secondary N) is 1. The maximum atomic E-state index is 10.1. The summed E-state index contributed by atoms with van der Waals surface area (Å²) in [5.41, 5.74) is 4.43. The largest absolute Gasteiger partial charge is 0.494 e. The van der Waals surface area contributed by atoms with E-state index in [9.17, 15) is 5.11 Å². The molecule has 21 heavy (non-hydrogen) atoms. The fraction of sp³-hybridized carbons (Fsp3) is 0.118. The molecular weight excluding hydrogens is 284 g/mol. The highest BCUT2D eigenvalue weighted by Crippen LogP contribution is 2.29. The molecule has 106 valence electrons. The maximum absolute atomic E-state index is 10.1. The van der Waals surface area contributed by atoms with Crippen LogP contribution in [0.3, 0.4) is 0 Å². The van der Waals surface area contributed by atoms with Crippen LogP contribution < -0.4 is 0 Å². The minimum absolute atomic E-state index is 0.124. The van der Waals surface area contributed by atoms with Crippen molar-refractivity contribution in [2.45, 2.75) is 13.8 Å². The molecule has 1 heterocycles. The predicted octanol–water partition coefficient (Wildman–Crippen LogP) is 4.89. The van der Waals surface area contributed by atoms with Crippen molar-refractivity contribution < 1.29 is 5.11 Å². The molecule has 3 nitrogen and oxygen atoms in total. The Bertz CT molecular complexity index is 849. The van der Waals surface area contributed by atoms with Crippen molar-refractivity contribution in [2.24, 2.45) is 4.99 Å². The highest BCUT2D eigenvalue weighted by Gasteiger charge is 2.09. The number of benzene rings is 2. The van der Waals surface area contributed by atoms with E-state index in [0.717, 1.165) is 27.7 Å². The molecule has 0 aliphatic carbocycles. The molecule has 0 spiro atoms. The molecule has 0 fully saturated rings. The van der Waals surface area contributed by atoms with E-state index in [2.05, 4.69) is 9.98 Å². The van der Waals surface area contributed by atoms with Crippen LogP contribution >= 0.6 is 11.6 Å². The van der Waals surface area contributed by atoms with Gasteiger partial charge in [-0.2, -0.15) is 0 Å². The summed E-state index contributed by atoms with van der Waals surface area (Å²) < 4.78 is 0. The van der Waals surface area contributed by atoms with E-state index in [1.165, 1.54) is 0 Å². The van der Waals surface area contributed by atoms with Gasteiger partial charge in [0.1, 0.15) is 0 Å². The van der Waals surface area contributed by atoms with E-state index in [4.69, 9.17) is 11.6 Å². The summed E-state index contributed by atoms with van der Waals surface area (Å²) in [7, 11) is 0. The molecule has 0 saturated heterocycles. The van der Waals surface area contributed by atoms with Gasteiger partial charge in [-0.3, -0.25) is 4.99 Å². The minimum Gasteiger partial charge on any atom is -0.494 e. The topological polar surface area (TPSA) is 48.4 Å². The Balaban J connectivity index is 2.09. The van der Waals surface area contributed by atoms with Gasteiger partial charge in [0.15, 0.2) is 5.88 Å².